The van der Waals surface area contributed by atoms with Crippen LogP contribution in [0.15, 0.2) is 6.20 Å². The number of nitro groups is 1. The van der Waals surface area contributed by atoms with E-state index in [1.807, 2.05) is 6.92 Å². The lowest BCUT2D eigenvalue weighted by molar-refractivity contribution is -0.385. The molecule has 1 amide bonds. The van der Waals surface area contributed by atoms with Gasteiger partial charge in [0.15, 0.2) is 0 Å². The number of carboxylic acids is 1. The fourth-order valence-electron chi connectivity index (χ4n) is 2.10. The molecule has 0 fully saturated rings. The number of aryl methyl sites for hydroxylation is 1. The molecule has 1 unspecified atom stereocenters. The van der Waals surface area contributed by atoms with Crippen LogP contribution in [-0.4, -0.2) is 62.9 Å². The largest absolute Gasteiger partial charge is 0.481 e. The van der Waals surface area contributed by atoms with Gasteiger partial charge in [0.1, 0.15) is 6.20 Å². The zero-order chi connectivity index (χ0) is 18.3. The van der Waals surface area contributed by atoms with E-state index >= 15 is 0 Å². The quantitative estimate of drug-likeness (QED) is 0.380. The van der Waals surface area contributed by atoms with E-state index in [0.717, 1.165) is 6.20 Å². The summed E-state index contributed by atoms with van der Waals surface area (Å²) in [5, 5.41) is 24.0. The molecule has 1 N–H and O–H groups in total. The van der Waals surface area contributed by atoms with Gasteiger partial charge in [-0.1, -0.05) is 6.92 Å². The number of aliphatic carboxylic acids is 1. The highest BCUT2D eigenvalue weighted by Crippen LogP contribution is 2.19. The van der Waals surface area contributed by atoms with Crippen LogP contribution in [0, 0.1) is 16.0 Å². The maximum Gasteiger partial charge on any atom is 0.320 e. The molecule has 0 aliphatic carbocycles. The van der Waals surface area contributed by atoms with Crippen molar-refractivity contribution in [3.63, 3.8) is 0 Å². The minimum absolute atomic E-state index is 0.0615. The molecule has 1 rings (SSSR count). The van der Waals surface area contributed by atoms with Crippen molar-refractivity contribution in [2.75, 3.05) is 26.3 Å². The first kappa shape index (κ1) is 19.6. The van der Waals surface area contributed by atoms with E-state index in [2.05, 4.69) is 5.10 Å². The Hall–Kier alpha value is -2.49. The van der Waals surface area contributed by atoms with Crippen molar-refractivity contribution in [1.82, 2.24) is 14.7 Å². The molecule has 0 saturated heterocycles. The summed E-state index contributed by atoms with van der Waals surface area (Å²) in [4.78, 5) is 35.3. The van der Waals surface area contributed by atoms with E-state index in [1.54, 1.807) is 0 Å². The zero-order valence-electron chi connectivity index (χ0n) is 14.0. The van der Waals surface area contributed by atoms with Crippen LogP contribution in [0.5, 0.6) is 0 Å². The number of nitrogens with zero attached hydrogens (tertiary/aromatic N) is 4. The van der Waals surface area contributed by atoms with Crippen molar-refractivity contribution in [3.8, 4) is 0 Å². The van der Waals surface area contributed by atoms with Crippen LogP contribution in [-0.2, 0) is 16.6 Å². The molecule has 134 valence electrons. The van der Waals surface area contributed by atoms with Gasteiger partial charge >= 0.3 is 11.7 Å². The van der Waals surface area contributed by atoms with Crippen LogP contribution in [0.1, 0.15) is 30.8 Å². The fraction of sp³-hybridized carbons (Fsp3) is 0.643. The molecule has 0 bridgehead atoms. The summed E-state index contributed by atoms with van der Waals surface area (Å²) in [7, 11) is 1.48. The molecule has 1 aromatic heterocycles. The number of ether oxygens (including phenoxy) is 1. The third kappa shape index (κ3) is 5.30. The second-order valence-corrected chi connectivity index (χ2v) is 5.33. The lowest BCUT2D eigenvalue weighted by Gasteiger charge is -2.23. The van der Waals surface area contributed by atoms with Crippen LogP contribution in [0.25, 0.3) is 0 Å². The van der Waals surface area contributed by atoms with Crippen molar-refractivity contribution in [3.05, 3.63) is 22.0 Å². The molecule has 0 aliphatic heterocycles. The number of aromatic nitrogens is 2. The third-order valence-corrected chi connectivity index (χ3v) is 3.33. The van der Waals surface area contributed by atoms with Crippen LogP contribution in [0.4, 0.5) is 5.69 Å². The molecule has 24 heavy (non-hydrogen) atoms. The maximum atomic E-state index is 12.6. The molecule has 0 aliphatic rings. The van der Waals surface area contributed by atoms with Crippen LogP contribution in [0.3, 0.4) is 0 Å². The van der Waals surface area contributed by atoms with Crippen molar-refractivity contribution in [2.24, 2.45) is 13.0 Å². The summed E-state index contributed by atoms with van der Waals surface area (Å²) in [6.07, 6.45) is 1.64. The summed E-state index contributed by atoms with van der Waals surface area (Å²) < 4.78 is 6.39. The monoisotopic (exact) mass is 342 g/mol. The first-order valence-electron chi connectivity index (χ1n) is 7.55. The number of amides is 1. The molecule has 1 atom stereocenters. The molecule has 0 saturated carbocycles. The van der Waals surface area contributed by atoms with Crippen molar-refractivity contribution >= 4 is 17.6 Å². The van der Waals surface area contributed by atoms with Crippen LogP contribution >= 0.6 is 0 Å². The maximum absolute atomic E-state index is 12.6. The Bertz CT molecular complexity index is 600. The van der Waals surface area contributed by atoms with E-state index < -0.39 is 28.4 Å². The molecule has 0 aromatic carbocycles. The Morgan fingerprint density at radius 3 is 2.75 bits per heavy atom. The number of carboxylic acid groups (broad SMARTS) is 1. The molecule has 1 aromatic rings. The third-order valence-electron chi connectivity index (χ3n) is 3.33. The highest BCUT2D eigenvalue weighted by Gasteiger charge is 2.30. The lowest BCUT2D eigenvalue weighted by Crippen LogP contribution is -2.38. The number of carbonyl (C=O) groups excluding carboxylic acids is 1. The predicted molar refractivity (Wildman–Crippen MR) is 83.7 cm³/mol. The van der Waals surface area contributed by atoms with E-state index in [9.17, 15) is 19.7 Å². The average Bonchev–Trinajstić information content (AvgIpc) is 2.91. The van der Waals surface area contributed by atoms with E-state index in [4.69, 9.17) is 9.84 Å². The minimum atomic E-state index is -1.05. The zero-order valence-corrected chi connectivity index (χ0v) is 14.0. The number of hydrogen-bond acceptors (Lipinski definition) is 6. The normalized spacial score (nSPS) is 12.0. The summed E-state index contributed by atoms with van der Waals surface area (Å²) >= 11 is 0. The molecule has 1 heterocycles. The summed E-state index contributed by atoms with van der Waals surface area (Å²) in [6.45, 7) is 4.42. The highest BCUT2D eigenvalue weighted by atomic mass is 16.6. The standard InChI is InChI=1S/C14H22N4O6/c1-4-24-7-5-6-17(8-10(2)14(20)21)13(19)12-11(18(22)23)9-16(3)15-12/h9-10H,4-8H2,1-3H3,(H,20,21). The Balaban J connectivity index is 2.97. The summed E-state index contributed by atoms with van der Waals surface area (Å²) in [5.41, 5.74) is -0.697. The molecular weight excluding hydrogens is 320 g/mol. The molecule has 0 spiro atoms. The Morgan fingerprint density at radius 2 is 2.21 bits per heavy atom. The molecule has 10 nitrogen and oxygen atoms in total. The van der Waals surface area contributed by atoms with Crippen molar-refractivity contribution in [2.45, 2.75) is 20.3 Å². The van der Waals surface area contributed by atoms with Gasteiger partial charge in [0.25, 0.3) is 5.91 Å². The van der Waals surface area contributed by atoms with E-state index in [1.165, 1.54) is 23.6 Å². The van der Waals surface area contributed by atoms with Gasteiger partial charge in [-0.05, 0) is 13.3 Å². The molecule has 10 heteroatoms. The molecular formula is C14H22N4O6. The number of hydrogen-bond donors (Lipinski definition) is 1. The Labute approximate surface area is 139 Å². The Morgan fingerprint density at radius 1 is 1.54 bits per heavy atom. The van der Waals surface area contributed by atoms with Crippen molar-refractivity contribution < 1.29 is 24.4 Å². The average molecular weight is 342 g/mol. The van der Waals surface area contributed by atoms with Gasteiger partial charge in [-0.3, -0.25) is 24.4 Å². The van der Waals surface area contributed by atoms with Gasteiger partial charge in [-0.25, -0.2) is 0 Å². The summed E-state index contributed by atoms with van der Waals surface area (Å²) in [5.74, 6) is -2.51. The first-order valence-corrected chi connectivity index (χ1v) is 7.55. The van der Waals surface area contributed by atoms with Crippen LogP contribution < -0.4 is 0 Å². The van der Waals surface area contributed by atoms with Gasteiger partial charge in [-0.15, -0.1) is 0 Å². The second-order valence-electron chi connectivity index (χ2n) is 5.33. The lowest BCUT2D eigenvalue weighted by atomic mass is 10.1. The van der Waals surface area contributed by atoms with Crippen LogP contribution in [0.2, 0.25) is 0 Å². The van der Waals surface area contributed by atoms with E-state index in [-0.39, 0.29) is 18.8 Å². The van der Waals surface area contributed by atoms with Gasteiger partial charge in [0.05, 0.1) is 10.8 Å². The second kappa shape index (κ2) is 8.96. The van der Waals surface area contributed by atoms with Gasteiger partial charge in [0, 0.05) is 33.4 Å². The topological polar surface area (TPSA) is 128 Å². The fourth-order valence-corrected chi connectivity index (χ4v) is 2.10. The van der Waals surface area contributed by atoms with Gasteiger partial charge < -0.3 is 14.7 Å². The van der Waals surface area contributed by atoms with Gasteiger partial charge in [-0.2, -0.15) is 5.10 Å². The van der Waals surface area contributed by atoms with Crippen molar-refractivity contribution in [1.29, 1.82) is 0 Å². The number of rotatable bonds is 10. The highest BCUT2D eigenvalue weighted by molar-refractivity contribution is 5.96. The number of carbonyl (C=O) groups is 2. The minimum Gasteiger partial charge on any atom is -0.481 e. The smallest absolute Gasteiger partial charge is 0.320 e. The SMILES string of the molecule is CCOCCCN(CC(C)C(=O)O)C(=O)c1nn(C)cc1[N+](=O)[O-]. The van der Waals surface area contributed by atoms with Gasteiger partial charge in [0.2, 0.25) is 5.69 Å². The van der Waals surface area contributed by atoms with E-state index in [0.29, 0.717) is 19.6 Å². The first-order chi connectivity index (χ1) is 11.3. The predicted octanol–water partition coefficient (Wildman–Crippen LogP) is 0.918. The summed E-state index contributed by atoms with van der Waals surface area (Å²) in [6, 6.07) is 0. The Kier molecular flexibility index (Phi) is 7.31. The molecule has 0 radical (unpaired) electrons.